The highest BCUT2D eigenvalue weighted by Gasteiger charge is 2.38. The molecule has 0 aliphatic carbocycles. The number of methoxy groups -OCH3 is 2. The minimum atomic E-state index is -2.58. The molecule has 0 saturated carbocycles. The largest absolute Gasteiger partial charge is 0.493 e. The fourth-order valence-corrected chi connectivity index (χ4v) is 3.95. The van der Waals surface area contributed by atoms with Gasteiger partial charge in [-0.25, -0.2) is 0 Å². The minimum absolute atomic E-state index is 0.0104. The molecule has 2 aliphatic heterocycles. The Bertz CT molecular complexity index is 722. The van der Waals surface area contributed by atoms with Crippen molar-refractivity contribution in [2.45, 2.75) is 45.1 Å². The van der Waals surface area contributed by atoms with E-state index in [1.807, 2.05) is 12.1 Å². The number of aliphatic hydroxyl groups is 1. The molecule has 23 heavy (non-hydrogen) atoms. The second kappa shape index (κ2) is 6.70. The van der Waals surface area contributed by atoms with E-state index in [0.29, 0.717) is 24.5 Å². The Balaban J connectivity index is 1.82. The zero-order chi connectivity index (χ0) is 21.6. The maximum Gasteiger partial charge on any atom is 0.161 e. The Kier molecular flexibility index (Phi) is 3.08. The Labute approximate surface area is 147 Å². The van der Waals surface area contributed by atoms with Gasteiger partial charge < -0.3 is 14.6 Å². The molecular formula is C19H29NO3. The third-order valence-electron chi connectivity index (χ3n) is 5.13. The van der Waals surface area contributed by atoms with E-state index in [1.54, 1.807) is 14.2 Å². The summed E-state index contributed by atoms with van der Waals surface area (Å²) in [5.41, 5.74) is 2.23. The molecule has 1 N–H and O–H groups in total. The van der Waals surface area contributed by atoms with E-state index in [9.17, 15) is 5.11 Å². The summed E-state index contributed by atoms with van der Waals surface area (Å²) < 4.78 is 56.7. The summed E-state index contributed by atoms with van der Waals surface area (Å²) >= 11 is 0. The van der Waals surface area contributed by atoms with Crippen LogP contribution >= 0.6 is 0 Å². The van der Waals surface area contributed by atoms with Crippen LogP contribution in [0.4, 0.5) is 0 Å². The fraction of sp³-hybridized carbons (Fsp3) is 0.684. The average Bonchev–Trinajstić information content (AvgIpc) is 2.63. The van der Waals surface area contributed by atoms with E-state index in [4.69, 9.17) is 17.7 Å². The summed E-state index contributed by atoms with van der Waals surface area (Å²) in [4.78, 5) is 2.22. The molecule has 3 rings (SSSR count). The molecule has 0 radical (unpaired) electrons. The van der Waals surface area contributed by atoms with Crippen molar-refractivity contribution in [2.75, 3.05) is 27.3 Å². The van der Waals surface area contributed by atoms with Crippen LogP contribution in [0.25, 0.3) is 0 Å². The molecule has 4 nitrogen and oxygen atoms in total. The summed E-state index contributed by atoms with van der Waals surface area (Å²) in [6.45, 7) is -3.93. The molecule has 1 saturated heterocycles. The molecule has 3 atom stereocenters. The first-order chi connectivity index (χ1) is 13.5. The normalized spacial score (nSPS) is 32.4. The smallest absolute Gasteiger partial charge is 0.161 e. The van der Waals surface area contributed by atoms with Crippen LogP contribution in [0, 0.1) is 11.8 Å². The highest BCUT2D eigenvalue weighted by Crippen LogP contribution is 2.43. The third-order valence-corrected chi connectivity index (χ3v) is 5.13. The standard InChI is InChI=1S/C19H29NO3/c1-12(2)7-14-11-20-6-5-13-8-18(22-3)19(23-4)9-15(13)16(20)10-17(14)21/h8-9,12,14,16-17,21H,5-7,10-11H2,1-4H3/t14-,16-,17-/m0/s1/i1+1D3,2+1D3. The van der Waals surface area contributed by atoms with E-state index < -0.39 is 31.6 Å². The Morgan fingerprint density at radius 3 is 2.74 bits per heavy atom. The highest BCUT2D eigenvalue weighted by atomic mass is 16.5. The van der Waals surface area contributed by atoms with Gasteiger partial charge in [0.05, 0.1) is 20.3 Å². The van der Waals surface area contributed by atoms with E-state index in [2.05, 4.69) is 4.90 Å². The molecule has 0 amide bonds. The van der Waals surface area contributed by atoms with E-state index in [0.717, 1.165) is 24.1 Å². The number of hydrogen-bond donors (Lipinski definition) is 1. The predicted molar refractivity (Wildman–Crippen MR) is 91.1 cm³/mol. The maximum atomic E-state index is 10.8. The van der Waals surface area contributed by atoms with Gasteiger partial charge in [-0.2, -0.15) is 0 Å². The summed E-state index contributed by atoms with van der Waals surface area (Å²) in [5, 5.41) is 10.8. The molecule has 4 heteroatoms. The van der Waals surface area contributed by atoms with Gasteiger partial charge in [0.1, 0.15) is 0 Å². The Morgan fingerprint density at radius 1 is 1.30 bits per heavy atom. The second-order valence-corrected chi connectivity index (χ2v) is 6.52. The predicted octanol–water partition coefficient (Wildman–Crippen LogP) is 3.03. The van der Waals surface area contributed by atoms with E-state index >= 15 is 0 Å². The number of rotatable bonds is 4. The van der Waals surface area contributed by atoms with Crippen molar-refractivity contribution in [2.24, 2.45) is 11.8 Å². The molecule has 0 spiro atoms. The molecule has 1 fully saturated rings. The summed E-state index contributed by atoms with van der Waals surface area (Å²) in [6.07, 6.45) is 0.428. The minimum Gasteiger partial charge on any atom is -0.493 e. The van der Waals surface area contributed by atoms with Crippen molar-refractivity contribution >= 4 is 0 Å². The zero-order valence-corrected chi connectivity index (χ0v) is 13.7. The Morgan fingerprint density at radius 2 is 2.04 bits per heavy atom. The van der Waals surface area contributed by atoms with Crippen LogP contribution in [0.1, 0.15) is 51.9 Å². The van der Waals surface area contributed by atoms with E-state index in [-0.39, 0.29) is 12.5 Å². The summed E-state index contributed by atoms with van der Waals surface area (Å²) in [5.74, 6) is -0.520. The van der Waals surface area contributed by atoms with Crippen molar-refractivity contribution in [1.82, 2.24) is 4.90 Å². The van der Waals surface area contributed by atoms with Crippen LogP contribution in [-0.2, 0) is 6.42 Å². The lowest BCUT2D eigenvalue weighted by Crippen LogP contribution is -2.48. The first kappa shape index (κ1) is 10.6. The molecule has 1 aromatic rings. The lowest BCUT2D eigenvalue weighted by molar-refractivity contribution is -0.0191. The van der Waals surface area contributed by atoms with Crippen LogP contribution in [0.5, 0.6) is 11.5 Å². The molecule has 0 aromatic heterocycles. The molecule has 0 unspecified atom stereocenters. The van der Waals surface area contributed by atoms with Gasteiger partial charge >= 0.3 is 0 Å². The number of ether oxygens (including phenoxy) is 2. The van der Waals surface area contributed by atoms with Crippen molar-refractivity contribution in [3.8, 4) is 11.5 Å². The lowest BCUT2D eigenvalue weighted by Gasteiger charge is -2.46. The number of piperidine rings is 1. The van der Waals surface area contributed by atoms with Gasteiger partial charge in [-0.1, -0.05) is 13.7 Å². The maximum absolute atomic E-state index is 10.8. The number of nitrogens with zero attached hydrogens (tertiary/aromatic N) is 1. The van der Waals surface area contributed by atoms with Gasteiger partial charge in [0.25, 0.3) is 0 Å². The second-order valence-electron chi connectivity index (χ2n) is 6.52. The molecular weight excluding hydrogens is 292 g/mol. The van der Waals surface area contributed by atoms with Crippen LogP contribution in [0.3, 0.4) is 0 Å². The molecule has 2 aliphatic rings. The van der Waals surface area contributed by atoms with Crippen molar-refractivity contribution in [1.29, 1.82) is 0 Å². The van der Waals surface area contributed by atoms with E-state index in [1.165, 1.54) is 0 Å². The first-order valence-corrected chi connectivity index (χ1v) is 8.12. The van der Waals surface area contributed by atoms with Crippen LogP contribution in [-0.4, -0.2) is 43.4 Å². The van der Waals surface area contributed by atoms with Crippen LogP contribution in [0.15, 0.2) is 12.1 Å². The van der Waals surface area contributed by atoms with Gasteiger partial charge in [0.15, 0.2) is 11.5 Å². The topological polar surface area (TPSA) is 41.9 Å². The molecule has 128 valence electrons. The summed E-state index contributed by atoms with van der Waals surface area (Å²) in [7, 11) is 3.18. The number of fused-ring (bicyclic) bond motifs is 3. The molecule has 0 bridgehead atoms. The zero-order valence-electron chi connectivity index (χ0n) is 19.7. The van der Waals surface area contributed by atoms with Crippen molar-refractivity contribution in [3.05, 3.63) is 23.3 Å². The highest BCUT2D eigenvalue weighted by molar-refractivity contribution is 5.49. The Hall–Kier alpha value is -1.26. The quantitative estimate of drug-likeness (QED) is 0.863. The van der Waals surface area contributed by atoms with Crippen molar-refractivity contribution < 1.29 is 22.8 Å². The first-order valence-electron chi connectivity index (χ1n) is 11.1. The third kappa shape index (κ3) is 3.20. The van der Waals surface area contributed by atoms with Gasteiger partial charge in [0.2, 0.25) is 0 Å². The summed E-state index contributed by atoms with van der Waals surface area (Å²) in [6, 6.07) is 3.92. The monoisotopic (exact) mass is 327 g/mol. The van der Waals surface area contributed by atoms with Gasteiger partial charge in [-0.3, -0.25) is 4.90 Å². The van der Waals surface area contributed by atoms with Crippen molar-refractivity contribution in [3.63, 3.8) is 0 Å². The fourth-order valence-electron chi connectivity index (χ4n) is 3.95. The lowest BCUT2D eigenvalue weighted by atomic mass is 9.80. The van der Waals surface area contributed by atoms with Crippen LogP contribution in [0.2, 0.25) is 0 Å². The van der Waals surface area contributed by atoms with Crippen LogP contribution < -0.4 is 9.47 Å². The van der Waals surface area contributed by atoms with Gasteiger partial charge in [-0.15, -0.1) is 0 Å². The number of hydrogen-bond acceptors (Lipinski definition) is 4. The number of aliphatic hydroxyl groups excluding tert-OH is 1. The molecule has 2 heterocycles. The SMILES string of the molecule is [2H][13C]([2H])([2H])C(C[C@H]1CN2CCc3cc(OC)c(OC)cc3[C@@H]2C[C@@H]1O)[13C]([2H])([2H])[2H]. The average molecular weight is 327 g/mol. The van der Waals surface area contributed by atoms with Gasteiger partial charge in [-0.05, 0) is 54.4 Å². The molecule has 1 aromatic carbocycles. The van der Waals surface area contributed by atoms with Gasteiger partial charge in [0, 0.05) is 27.4 Å². The number of benzene rings is 1.